The monoisotopic (exact) mass is 307 g/mol. The van der Waals surface area contributed by atoms with E-state index in [1.54, 1.807) is 26.4 Å². The zero-order valence-electron chi connectivity index (χ0n) is 12.2. The second-order valence-corrected chi connectivity index (χ2v) is 4.66. The molecule has 2 aromatic rings. The van der Waals surface area contributed by atoms with Crippen molar-refractivity contribution in [3.05, 3.63) is 35.4 Å². The molecule has 0 saturated carbocycles. The third-order valence-electron chi connectivity index (χ3n) is 2.84. The summed E-state index contributed by atoms with van der Waals surface area (Å²) in [5, 5.41) is 6.87. The second kappa shape index (κ2) is 7.04. The molecule has 5 nitrogen and oxygen atoms in total. The van der Waals surface area contributed by atoms with Gasteiger partial charge in [0.2, 0.25) is 0 Å². The minimum Gasteiger partial charge on any atom is -0.495 e. The van der Waals surface area contributed by atoms with Crippen molar-refractivity contribution >= 4 is 28.9 Å². The third kappa shape index (κ3) is 3.70. The molecule has 0 bridgehead atoms. The topological polar surface area (TPSA) is 55.4 Å². The number of hydrogen-bond acceptors (Lipinski definition) is 5. The van der Waals surface area contributed by atoms with Crippen LogP contribution in [0, 0.1) is 0 Å². The predicted molar refractivity (Wildman–Crippen MR) is 86.2 cm³/mol. The number of rotatable bonds is 6. The van der Waals surface area contributed by atoms with Gasteiger partial charge in [-0.25, -0.2) is 4.98 Å². The van der Waals surface area contributed by atoms with Crippen molar-refractivity contribution in [2.75, 3.05) is 31.4 Å². The normalized spacial score (nSPS) is 10.1. The fourth-order valence-electron chi connectivity index (χ4n) is 1.88. The van der Waals surface area contributed by atoms with E-state index in [-0.39, 0.29) is 0 Å². The van der Waals surface area contributed by atoms with Gasteiger partial charge in [-0.2, -0.15) is 0 Å². The maximum absolute atomic E-state index is 6.09. The molecule has 21 heavy (non-hydrogen) atoms. The molecule has 0 aliphatic rings. The quantitative estimate of drug-likeness (QED) is 0.847. The van der Waals surface area contributed by atoms with E-state index < -0.39 is 0 Å². The molecule has 2 rings (SSSR count). The number of methoxy groups -OCH3 is 2. The van der Waals surface area contributed by atoms with Crippen molar-refractivity contribution in [3.63, 3.8) is 0 Å². The molecule has 0 radical (unpaired) electrons. The van der Waals surface area contributed by atoms with E-state index in [0.29, 0.717) is 22.3 Å². The number of pyridine rings is 1. The van der Waals surface area contributed by atoms with E-state index >= 15 is 0 Å². The molecule has 0 amide bonds. The first-order valence-electron chi connectivity index (χ1n) is 6.57. The van der Waals surface area contributed by atoms with E-state index in [1.165, 1.54) is 0 Å². The first-order chi connectivity index (χ1) is 10.2. The van der Waals surface area contributed by atoms with Gasteiger partial charge < -0.3 is 20.1 Å². The highest BCUT2D eigenvalue weighted by molar-refractivity contribution is 6.32. The number of hydrogen-bond donors (Lipinski definition) is 2. The molecule has 6 heteroatoms. The van der Waals surface area contributed by atoms with E-state index in [9.17, 15) is 0 Å². The molecule has 0 aliphatic carbocycles. The molecule has 0 atom stereocenters. The van der Waals surface area contributed by atoms with Crippen LogP contribution in [0.25, 0.3) is 0 Å². The largest absolute Gasteiger partial charge is 0.495 e. The second-order valence-electron chi connectivity index (χ2n) is 4.25. The molecule has 112 valence electrons. The fourth-order valence-corrected chi connectivity index (χ4v) is 2.11. The van der Waals surface area contributed by atoms with Gasteiger partial charge in [0.25, 0.3) is 0 Å². The third-order valence-corrected chi connectivity index (χ3v) is 3.14. The summed E-state index contributed by atoms with van der Waals surface area (Å²) in [6.45, 7) is 2.84. The molecule has 0 unspecified atom stereocenters. The molecule has 2 N–H and O–H groups in total. The summed E-state index contributed by atoms with van der Waals surface area (Å²) in [6, 6.07) is 9.20. The van der Waals surface area contributed by atoms with Crippen LogP contribution in [-0.2, 0) is 0 Å². The molecule has 0 aliphatic heterocycles. The van der Waals surface area contributed by atoms with Crippen molar-refractivity contribution in [1.29, 1.82) is 0 Å². The number of anilines is 3. The molecule has 0 spiro atoms. The minimum atomic E-state index is 0.495. The van der Waals surface area contributed by atoms with Crippen LogP contribution >= 0.6 is 11.6 Å². The zero-order valence-corrected chi connectivity index (χ0v) is 13.0. The molecular formula is C15H18ClN3O2. The highest BCUT2D eigenvalue weighted by atomic mass is 35.5. The number of halogens is 1. The van der Waals surface area contributed by atoms with Crippen LogP contribution in [0.5, 0.6) is 11.5 Å². The van der Waals surface area contributed by atoms with Gasteiger partial charge in [-0.1, -0.05) is 17.7 Å². The van der Waals surface area contributed by atoms with Crippen LogP contribution in [-0.4, -0.2) is 25.7 Å². The Morgan fingerprint density at radius 3 is 2.48 bits per heavy atom. The summed E-state index contributed by atoms with van der Waals surface area (Å²) in [7, 11) is 3.16. The summed E-state index contributed by atoms with van der Waals surface area (Å²) >= 11 is 6.09. The Kier molecular flexibility index (Phi) is 5.11. The number of benzene rings is 1. The van der Waals surface area contributed by atoms with Crippen LogP contribution in [0.1, 0.15) is 6.92 Å². The Labute approximate surface area is 129 Å². The zero-order chi connectivity index (χ0) is 15.2. The van der Waals surface area contributed by atoms with Gasteiger partial charge in [0.1, 0.15) is 23.1 Å². The van der Waals surface area contributed by atoms with Gasteiger partial charge in [-0.15, -0.1) is 0 Å². The lowest BCUT2D eigenvalue weighted by atomic mass is 10.2. The molecule has 1 aromatic heterocycles. The van der Waals surface area contributed by atoms with Crippen molar-refractivity contribution in [2.45, 2.75) is 6.92 Å². The highest BCUT2D eigenvalue weighted by Crippen LogP contribution is 2.37. The summed E-state index contributed by atoms with van der Waals surface area (Å²) in [4.78, 5) is 4.46. The first-order valence-corrected chi connectivity index (χ1v) is 6.95. The number of nitrogens with one attached hydrogen (secondary N) is 2. The lowest BCUT2D eigenvalue weighted by Gasteiger charge is -2.14. The Hall–Kier alpha value is -2.14. The number of nitrogens with zero attached hydrogens (tertiary/aromatic N) is 1. The lowest BCUT2D eigenvalue weighted by molar-refractivity contribution is 0.405. The van der Waals surface area contributed by atoms with Gasteiger partial charge in [0, 0.05) is 18.7 Å². The van der Waals surface area contributed by atoms with Gasteiger partial charge in [0.15, 0.2) is 0 Å². The molecular weight excluding hydrogens is 290 g/mol. The fraction of sp³-hybridized carbons (Fsp3) is 0.267. The SMILES string of the molecule is CCNc1cccc(Nc2cc(OC)c(Cl)cc2OC)n1. The molecule has 1 aromatic carbocycles. The van der Waals surface area contributed by atoms with Gasteiger partial charge >= 0.3 is 0 Å². The van der Waals surface area contributed by atoms with Crippen LogP contribution in [0.2, 0.25) is 5.02 Å². The maximum Gasteiger partial charge on any atom is 0.144 e. The number of ether oxygens (including phenoxy) is 2. The van der Waals surface area contributed by atoms with E-state index in [2.05, 4.69) is 15.6 Å². The predicted octanol–water partition coefficient (Wildman–Crippen LogP) is 3.93. The van der Waals surface area contributed by atoms with Crippen LogP contribution < -0.4 is 20.1 Å². The van der Waals surface area contributed by atoms with Crippen LogP contribution in [0.4, 0.5) is 17.3 Å². The molecule has 0 fully saturated rings. The minimum absolute atomic E-state index is 0.495. The summed E-state index contributed by atoms with van der Waals surface area (Å²) < 4.78 is 10.6. The molecule has 1 heterocycles. The Bertz CT molecular complexity index is 620. The molecule has 0 saturated heterocycles. The Morgan fingerprint density at radius 2 is 1.81 bits per heavy atom. The highest BCUT2D eigenvalue weighted by Gasteiger charge is 2.10. The van der Waals surface area contributed by atoms with Crippen molar-refractivity contribution in [1.82, 2.24) is 4.98 Å². The average molecular weight is 308 g/mol. The smallest absolute Gasteiger partial charge is 0.144 e. The van der Waals surface area contributed by atoms with E-state index in [1.807, 2.05) is 25.1 Å². The van der Waals surface area contributed by atoms with Gasteiger partial charge in [0.05, 0.1) is 24.9 Å². The van der Waals surface area contributed by atoms with Crippen molar-refractivity contribution in [3.8, 4) is 11.5 Å². The summed E-state index contributed by atoms with van der Waals surface area (Å²) in [5.41, 5.74) is 0.736. The summed E-state index contributed by atoms with van der Waals surface area (Å²) in [6.07, 6.45) is 0. The summed E-state index contributed by atoms with van der Waals surface area (Å²) in [5.74, 6) is 2.71. The van der Waals surface area contributed by atoms with Crippen LogP contribution in [0.3, 0.4) is 0 Å². The maximum atomic E-state index is 6.09. The lowest BCUT2D eigenvalue weighted by Crippen LogP contribution is -2.02. The van der Waals surface area contributed by atoms with Crippen molar-refractivity contribution < 1.29 is 9.47 Å². The Balaban J connectivity index is 2.31. The van der Waals surface area contributed by atoms with Crippen molar-refractivity contribution in [2.24, 2.45) is 0 Å². The standard InChI is InChI=1S/C15H18ClN3O2/c1-4-17-14-6-5-7-15(19-14)18-11-9-12(20-2)10(16)8-13(11)21-3/h5-9H,4H2,1-3H3,(H2,17,18,19). The van der Waals surface area contributed by atoms with Crippen LogP contribution in [0.15, 0.2) is 30.3 Å². The van der Waals surface area contributed by atoms with Gasteiger partial charge in [-0.05, 0) is 19.1 Å². The first kappa shape index (κ1) is 15.3. The number of aromatic nitrogens is 1. The Morgan fingerprint density at radius 1 is 1.10 bits per heavy atom. The van der Waals surface area contributed by atoms with Gasteiger partial charge in [-0.3, -0.25) is 0 Å². The van der Waals surface area contributed by atoms with E-state index in [4.69, 9.17) is 21.1 Å². The van der Waals surface area contributed by atoms with E-state index in [0.717, 1.165) is 18.1 Å². The average Bonchev–Trinajstić information content (AvgIpc) is 2.49.